The first kappa shape index (κ1) is 20.3. The van der Waals surface area contributed by atoms with Crippen molar-refractivity contribution in [3.05, 3.63) is 47.8 Å². The second-order valence-corrected chi connectivity index (χ2v) is 7.19. The molecular weight excluding hydrogens is 361 g/mol. The van der Waals surface area contributed by atoms with Crippen LogP contribution in [0.3, 0.4) is 0 Å². The van der Waals surface area contributed by atoms with Gasteiger partial charge in [0, 0.05) is 51.2 Å². The molecule has 3 N–H and O–H groups in total. The summed E-state index contributed by atoms with van der Waals surface area (Å²) in [5.41, 5.74) is 1.23. The van der Waals surface area contributed by atoms with Crippen LogP contribution in [0.1, 0.15) is 24.2 Å². The number of hydrogen-bond donors (Lipinski definition) is 3. The molecule has 1 aliphatic heterocycles. The fourth-order valence-corrected chi connectivity index (χ4v) is 3.48. The molecule has 2 aromatic rings. The molecule has 0 amide bonds. The van der Waals surface area contributed by atoms with Crippen LogP contribution in [-0.2, 0) is 11.3 Å². The number of aliphatic hydroxyl groups is 1. The Morgan fingerprint density at radius 3 is 2.89 bits per heavy atom. The van der Waals surface area contributed by atoms with Gasteiger partial charge in [0.2, 0.25) is 0 Å². The van der Waals surface area contributed by atoms with Gasteiger partial charge in [0.15, 0.2) is 5.96 Å². The minimum Gasteiger partial charge on any atom is -0.396 e. The molecule has 0 saturated carbocycles. The summed E-state index contributed by atoms with van der Waals surface area (Å²) in [6.07, 6.45) is 5.00. The van der Waals surface area contributed by atoms with Gasteiger partial charge in [-0.25, -0.2) is 9.37 Å². The lowest BCUT2D eigenvalue weighted by Crippen LogP contribution is -2.44. The standard InChI is InChI=1S/C20H28FN5O2/c1-15-23-7-8-26(15)18-4-3-16(11-17(18)21)12-24-19(22-2)25-13-20(5-9-27)6-10-28-14-20/h3-4,7-8,11,27H,5-6,9-10,12-14H2,1-2H3,(H2,22,24,25). The summed E-state index contributed by atoms with van der Waals surface area (Å²) in [6.45, 7) is 4.44. The van der Waals surface area contributed by atoms with Gasteiger partial charge in [-0.15, -0.1) is 0 Å². The molecule has 2 heterocycles. The van der Waals surface area contributed by atoms with E-state index in [1.165, 1.54) is 6.07 Å². The Morgan fingerprint density at radius 1 is 1.43 bits per heavy atom. The largest absolute Gasteiger partial charge is 0.396 e. The van der Waals surface area contributed by atoms with E-state index in [1.54, 1.807) is 30.1 Å². The molecule has 1 aliphatic rings. The molecule has 0 radical (unpaired) electrons. The van der Waals surface area contributed by atoms with Gasteiger partial charge in [-0.3, -0.25) is 4.99 Å². The van der Waals surface area contributed by atoms with Crippen molar-refractivity contribution in [2.24, 2.45) is 10.4 Å². The van der Waals surface area contributed by atoms with E-state index >= 15 is 0 Å². The van der Waals surface area contributed by atoms with Crippen LogP contribution in [0.25, 0.3) is 5.69 Å². The summed E-state index contributed by atoms with van der Waals surface area (Å²) in [6, 6.07) is 5.16. The third kappa shape index (κ3) is 4.69. The summed E-state index contributed by atoms with van der Waals surface area (Å²) < 4.78 is 21.8. The number of ether oxygens (including phenoxy) is 1. The summed E-state index contributed by atoms with van der Waals surface area (Å²) >= 11 is 0. The van der Waals surface area contributed by atoms with Crippen molar-refractivity contribution in [3.8, 4) is 5.69 Å². The van der Waals surface area contributed by atoms with Gasteiger partial charge in [0.05, 0.1) is 12.3 Å². The fourth-order valence-electron chi connectivity index (χ4n) is 3.48. The SMILES string of the molecule is CN=C(NCc1ccc(-n2ccnc2C)c(F)c1)NCC1(CCO)CCOC1. The minimum atomic E-state index is -0.298. The van der Waals surface area contributed by atoms with Gasteiger partial charge in [-0.1, -0.05) is 6.07 Å². The number of rotatable bonds is 7. The van der Waals surface area contributed by atoms with Crippen LogP contribution in [0.2, 0.25) is 0 Å². The first-order chi connectivity index (χ1) is 13.6. The number of hydrogen-bond acceptors (Lipinski definition) is 4. The van der Waals surface area contributed by atoms with Crippen molar-refractivity contribution >= 4 is 5.96 Å². The smallest absolute Gasteiger partial charge is 0.191 e. The van der Waals surface area contributed by atoms with Crippen LogP contribution >= 0.6 is 0 Å². The topological polar surface area (TPSA) is 83.7 Å². The molecule has 0 aliphatic carbocycles. The molecule has 0 spiro atoms. The Bertz CT molecular complexity index is 815. The van der Waals surface area contributed by atoms with Crippen LogP contribution in [0.4, 0.5) is 4.39 Å². The van der Waals surface area contributed by atoms with Crippen LogP contribution < -0.4 is 10.6 Å². The number of benzene rings is 1. The summed E-state index contributed by atoms with van der Waals surface area (Å²) in [5, 5.41) is 15.8. The molecule has 1 atom stereocenters. The Kier molecular flexibility index (Phi) is 6.64. The Labute approximate surface area is 164 Å². The van der Waals surface area contributed by atoms with Gasteiger partial charge in [-0.05, 0) is 37.5 Å². The van der Waals surface area contributed by atoms with Crippen LogP contribution in [0.15, 0.2) is 35.6 Å². The summed E-state index contributed by atoms with van der Waals surface area (Å²) in [4.78, 5) is 8.37. The van der Waals surface area contributed by atoms with Gasteiger partial charge in [0.1, 0.15) is 11.6 Å². The number of nitrogens with one attached hydrogen (secondary N) is 2. The summed E-state index contributed by atoms with van der Waals surface area (Å²) in [7, 11) is 1.70. The van der Waals surface area contributed by atoms with E-state index in [0.717, 1.165) is 24.4 Å². The molecular formula is C20H28FN5O2. The number of aromatic nitrogens is 2. The number of guanidine groups is 1. The van der Waals surface area contributed by atoms with Crippen LogP contribution in [0.5, 0.6) is 0 Å². The van der Waals surface area contributed by atoms with Crippen LogP contribution in [-0.4, -0.2) is 54.0 Å². The van der Waals surface area contributed by atoms with E-state index in [4.69, 9.17) is 4.74 Å². The predicted octanol–water partition coefficient (Wildman–Crippen LogP) is 1.77. The number of aryl methyl sites for hydroxylation is 1. The van der Waals surface area contributed by atoms with Gasteiger partial charge in [0.25, 0.3) is 0 Å². The van der Waals surface area contributed by atoms with E-state index in [-0.39, 0.29) is 17.8 Å². The fraction of sp³-hybridized carbons (Fsp3) is 0.500. The van der Waals surface area contributed by atoms with E-state index in [1.807, 2.05) is 13.0 Å². The lowest BCUT2D eigenvalue weighted by molar-refractivity contribution is 0.127. The van der Waals surface area contributed by atoms with Gasteiger partial charge >= 0.3 is 0 Å². The average molecular weight is 389 g/mol. The molecule has 28 heavy (non-hydrogen) atoms. The van der Waals surface area contributed by atoms with E-state index in [0.29, 0.717) is 37.8 Å². The molecule has 1 fully saturated rings. The van der Waals surface area contributed by atoms with Crippen molar-refractivity contribution in [3.63, 3.8) is 0 Å². The molecule has 0 bridgehead atoms. The zero-order chi connectivity index (χ0) is 20.0. The number of aliphatic imine (C=N–C) groups is 1. The highest BCUT2D eigenvalue weighted by atomic mass is 19.1. The second kappa shape index (κ2) is 9.16. The number of halogens is 1. The molecule has 8 heteroatoms. The second-order valence-electron chi connectivity index (χ2n) is 7.19. The number of imidazole rings is 1. The number of aliphatic hydroxyl groups excluding tert-OH is 1. The van der Waals surface area contributed by atoms with Crippen LogP contribution in [0, 0.1) is 18.2 Å². The molecule has 1 unspecified atom stereocenters. The Morgan fingerprint density at radius 2 is 2.29 bits per heavy atom. The maximum absolute atomic E-state index is 14.5. The molecule has 1 aromatic heterocycles. The minimum absolute atomic E-state index is 0.0667. The zero-order valence-corrected chi connectivity index (χ0v) is 16.4. The van der Waals surface area contributed by atoms with Crippen molar-refractivity contribution in [2.45, 2.75) is 26.3 Å². The highest BCUT2D eigenvalue weighted by Crippen LogP contribution is 2.31. The van der Waals surface area contributed by atoms with Crippen molar-refractivity contribution in [2.75, 3.05) is 33.4 Å². The summed E-state index contributed by atoms with van der Waals surface area (Å²) in [5.74, 6) is 1.08. The Balaban J connectivity index is 1.58. The van der Waals surface area contributed by atoms with E-state index in [2.05, 4.69) is 20.6 Å². The molecule has 3 rings (SSSR count). The molecule has 152 valence electrons. The van der Waals surface area contributed by atoms with Crippen molar-refractivity contribution in [1.29, 1.82) is 0 Å². The third-order valence-electron chi connectivity index (χ3n) is 5.24. The molecule has 1 aromatic carbocycles. The quantitative estimate of drug-likeness (QED) is 0.497. The third-order valence-corrected chi connectivity index (χ3v) is 5.24. The zero-order valence-electron chi connectivity index (χ0n) is 16.4. The normalized spacial score (nSPS) is 19.8. The van der Waals surface area contributed by atoms with Crippen molar-refractivity contribution < 1.29 is 14.2 Å². The molecule has 1 saturated heterocycles. The maximum Gasteiger partial charge on any atom is 0.191 e. The van der Waals surface area contributed by atoms with Crippen molar-refractivity contribution in [1.82, 2.24) is 20.2 Å². The van der Waals surface area contributed by atoms with Gasteiger partial charge in [-0.2, -0.15) is 0 Å². The lowest BCUT2D eigenvalue weighted by atomic mass is 9.84. The molecule has 7 nitrogen and oxygen atoms in total. The predicted molar refractivity (Wildman–Crippen MR) is 106 cm³/mol. The average Bonchev–Trinajstić information content (AvgIpc) is 3.32. The number of nitrogens with zero attached hydrogens (tertiary/aromatic N) is 3. The van der Waals surface area contributed by atoms with E-state index < -0.39 is 0 Å². The first-order valence-electron chi connectivity index (χ1n) is 9.49. The Hall–Kier alpha value is -2.45. The maximum atomic E-state index is 14.5. The van der Waals surface area contributed by atoms with E-state index in [9.17, 15) is 9.50 Å². The monoisotopic (exact) mass is 389 g/mol. The highest BCUT2D eigenvalue weighted by molar-refractivity contribution is 5.79. The lowest BCUT2D eigenvalue weighted by Gasteiger charge is -2.27. The first-order valence-corrected chi connectivity index (χ1v) is 9.49. The highest BCUT2D eigenvalue weighted by Gasteiger charge is 2.34. The van der Waals surface area contributed by atoms with Gasteiger partial charge < -0.3 is 25.0 Å².